The molecule has 0 aromatic heterocycles. The van der Waals surface area contributed by atoms with Gasteiger partial charge in [-0.15, -0.1) is 0 Å². The highest BCUT2D eigenvalue weighted by Crippen LogP contribution is 2.27. The molecule has 0 bridgehead atoms. The van der Waals surface area contributed by atoms with Crippen molar-refractivity contribution < 1.29 is 18.9 Å². The first-order valence-corrected chi connectivity index (χ1v) is 10.3. The number of aryl methyl sites for hydroxylation is 4. The van der Waals surface area contributed by atoms with E-state index in [4.69, 9.17) is 18.9 Å². The van der Waals surface area contributed by atoms with Gasteiger partial charge < -0.3 is 18.9 Å². The van der Waals surface area contributed by atoms with Crippen LogP contribution in [0.4, 0.5) is 0 Å². The molecule has 0 spiro atoms. The fourth-order valence-electron chi connectivity index (χ4n) is 3.33. The summed E-state index contributed by atoms with van der Waals surface area (Å²) in [4.78, 5) is 0. The van der Waals surface area contributed by atoms with Crippen molar-refractivity contribution in [2.45, 2.75) is 27.7 Å². The summed E-state index contributed by atoms with van der Waals surface area (Å²) in [5.41, 5.74) is 4.51. The number of hydrogen-bond acceptors (Lipinski definition) is 4. The van der Waals surface area contributed by atoms with E-state index in [9.17, 15) is 0 Å². The minimum absolute atomic E-state index is 0.438. The van der Waals surface area contributed by atoms with Gasteiger partial charge in [-0.1, -0.05) is 48.5 Å². The van der Waals surface area contributed by atoms with E-state index < -0.39 is 0 Å². The first-order valence-electron chi connectivity index (χ1n) is 10.3. The lowest BCUT2D eigenvalue weighted by Crippen LogP contribution is -2.13. The van der Waals surface area contributed by atoms with Crippen molar-refractivity contribution in [3.05, 3.63) is 82.9 Å². The minimum atomic E-state index is 0.438. The van der Waals surface area contributed by atoms with Crippen molar-refractivity contribution in [3.63, 3.8) is 0 Å². The lowest BCUT2D eigenvalue weighted by molar-refractivity contribution is 0.190. The fraction of sp³-hybridized carbons (Fsp3) is 0.308. The van der Waals surface area contributed by atoms with E-state index in [2.05, 4.69) is 0 Å². The standard InChI is InChI=1S/C26H30O4/c1-19-9-7-10-20(2)25(19)29-17-15-27-23-13-5-6-14-24(23)28-16-18-30-26-21(3)11-8-12-22(26)4/h5-14H,15-18H2,1-4H3. The molecule has 0 radical (unpaired) electrons. The third-order valence-corrected chi connectivity index (χ3v) is 4.84. The number of benzene rings is 3. The Hall–Kier alpha value is -3.14. The van der Waals surface area contributed by atoms with E-state index in [-0.39, 0.29) is 0 Å². The van der Waals surface area contributed by atoms with Gasteiger partial charge in [0.1, 0.15) is 37.9 Å². The third kappa shape index (κ3) is 5.69. The van der Waals surface area contributed by atoms with Crippen LogP contribution in [0, 0.1) is 27.7 Å². The van der Waals surface area contributed by atoms with Gasteiger partial charge >= 0.3 is 0 Å². The van der Waals surface area contributed by atoms with Gasteiger partial charge in [0.25, 0.3) is 0 Å². The van der Waals surface area contributed by atoms with E-state index in [0.29, 0.717) is 37.9 Å². The van der Waals surface area contributed by atoms with Crippen LogP contribution in [0.2, 0.25) is 0 Å². The van der Waals surface area contributed by atoms with Gasteiger partial charge in [-0.25, -0.2) is 0 Å². The van der Waals surface area contributed by atoms with Crippen LogP contribution in [-0.4, -0.2) is 26.4 Å². The molecule has 0 saturated carbocycles. The monoisotopic (exact) mass is 406 g/mol. The summed E-state index contributed by atoms with van der Waals surface area (Å²) in [6.45, 7) is 10.0. The van der Waals surface area contributed by atoms with Crippen molar-refractivity contribution >= 4 is 0 Å². The molecule has 0 saturated heterocycles. The second-order valence-corrected chi connectivity index (χ2v) is 7.28. The third-order valence-electron chi connectivity index (χ3n) is 4.84. The summed E-state index contributed by atoms with van der Waals surface area (Å²) >= 11 is 0. The van der Waals surface area contributed by atoms with Crippen molar-refractivity contribution in [3.8, 4) is 23.0 Å². The van der Waals surface area contributed by atoms with Crippen LogP contribution < -0.4 is 18.9 Å². The van der Waals surface area contributed by atoms with Crippen LogP contribution >= 0.6 is 0 Å². The quantitative estimate of drug-likeness (QED) is 0.397. The SMILES string of the molecule is Cc1cccc(C)c1OCCOc1ccccc1OCCOc1c(C)cccc1C. The van der Waals surface area contributed by atoms with Crippen LogP contribution in [0.5, 0.6) is 23.0 Å². The smallest absolute Gasteiger partial charge is 0.161 e. The zero-order chi connectivity index (χ0) is 21.3. The Bertz CT molecular complexity index is 846. The minimum Gasteiger partial charge on any atom is -0.489 e. The number of para-hydroxylation sites is 4. The van der Waals surface area contributed by atoms with E-state index in [1.807, 2.05) is 88.4 Å². The Kier molecular flexibility index (Phi) is 7.61. The van der Waals surface area contributed by atoms with Crippen LogP contribution in [0.1, 0.15) is 22.3 Å². The molecule has 0 aliphatic carbocycles. The van der Waals surface area contributed by atoms with Crippen LogP contribution in [0.3, 0.4) is 0 Å². The first kappa shape index (κ1) is 21.6. The molecule has 158 valence electrons. The maximum absolute atomic E-state index is 5.91. The van der Waals surface area contributed by atoms with Crippen LogP contribution in [0.25, 0.3) is 0 Å². The molecular weight excluding hydrogens is 376 g/mol. The molecule has 0 atom stereocenters. The van der Waals surface area contributed by atoms with E-state index >= 15 is 0 Å². The van der Waals surface area contributed by atoms with Gasteiger partial charge in [-0.3, -0.25) is 0 Å². The zero-order valence-electron chi connectivity index (χ0n) is 18.2. The molecule has 30 heavy (non-hydrogen) atoms. The number of hydrogen-bond donors (Lipinski definition) is 0. The molecule has 3 aromatic rings. The Balaban J connectivity index is 1.47. The molecule has 4 heteroatoms. The van der Waals surface area contributed by atoms with E-state index in [0.717, 1.165) is 33.8 Å². The Morgan fingerprint density at radius 2 is 0.767 bits per heavy atom. The topological polar surface area (TPSA) is 36.9 Å². The Morgan fingerprint density at radius 1 is 0.433 bits per heavy atom. The normalized spacial score (nSPS) is 10.5. The summed E-state index contributed by atoms with van der Waals surface area (Å²) in [7, 11) is 0. The molecule has 0 aliphatic rings. The lowest BCUT2D eigenvalue weighted by Gasteiger charge is -2.15. The van der Waals surface area contributed by atoms with Gasteiger partial charge in [0.05, 0.1) is 0 Å². The Labute approximate surface area is 179 Å². The number of ether oxygens (including phenoxy) is 4. The fourth-order valence-corrected chi connectivity index (χ4v) is 3.33. The number of rotatable bonds is 10. The maximum Gasteiger partial charge on any atom is 0.161 e. The van der Waals surface area contributed by atoms with Crippen molar-refractivity contribution in [1.29, 1.82) is 0 Å². The Morgan fingerprint density at radius 3 is 1.13 bits per heavy atom. The molecule has 4 nitrogen and oxygen atoms in total. The van der Waals surface area contributed by atoms with Crippen molar-refractivity contribution in [2.24, 2.45) is 0 Å². The molecule has 0 heterocycles. The van der Waals surface area contributed by atoms with Gasteiger partial charge in [0.2, 0.25) is 0 Å². The van der Waals surface area contributed by atoms with Gasteiger partial charge in [-0.2, -0.15) is 0 Å². The average molecular weight is 407 g/mol. The lowest BCUT2D eigenvalue weighted by atomic mass is 10.1. The van der Waals surface area contributed by atoms with Gasteiger partial charge in [-0.05, 0) is 62.1 Å². The summed E-state index contributed by atoms with van der Waals surface area (Å²) in [5.74, 6) is 3.26. The summed E-state index contributed by atoms with van der Waals surface area (Å²) in [6, 6.07) is 19.9. The highest BCUT2D eigenvalue weighted by atomic mass is 16.6. The molecular formula is C26H30O4. The molecule has 0 aliphatic heterocycles. The van der Waals surface area contributed by atoms with Crippen molar-refractivity contribution in [2.75, 3.05) is 26.4 Å². The zero-order valence-corrected chi connectivity index (χ0v) is 18.2. The average Bonchev–Trinajstić information content (AvgIpc) is 2.73. The summed E-state index contributed by atoms with van der Waals surface area (Å²) in [6.07, 6.45) is 0. The molecule has 0 unspecified atom stereocenters. The molecule has 0 fully saturated rings. The predicted molar refractivity (Wildman–Crippen MR) is 120 cm³/mol. The summed E-state index contributed by atoms with van der Waals surface area (Å²) < 4.78 is 23.6. The van der Waals surface area contributed by atoms with E-state index in [1.54, 1.807) is 0 Å². The highest BCUT2D eigenvalue weighted by Gasteiger charge is 2.07. The van der Waals surface area contributed by atoms with Crippen molar-refractivity contribution in [1.82, 2.24) is 0 Å². The molecule has 0 N–H and O–H groups in total. The van der Waals surface area contributed by atoms with Gasteiger partial charge in [0.15, 0.2) is 11.5 Å². The highest BCUT2D eigenvalue weighted by molar-refractivity contribution is 5.41. The van der Waals surface area contributed by atoms with Crippen LogP contribution in [-0.2, 0) is 0 Å². The maximum atomic E-state index is 5.91. The largest absolute Gasteiger partial charge is 0.489 e. The van der Waals surface area contributed by atoms with Gasteiger partial charge in [0, 0.05) is 0 Å². The second-order valence-electron chi connectivity index (χ2n) is 7.28. The first-order chi connectivity index (χ1) is 14.6. The predicted octanol–water partition coefficient (Wildman–Crippen LogP) is 5.84. The molecule has 3 rings (SSSR count). The second kappa shape index (κ2) is 10.6. The van der Waals surface area contributed by atoms with E-state index in [1.165, 1.54) is 0 Å². The van der Waals surface area contributed by atoms with Crippen LogP contribution in [0.15, 0.2) is 60.7 Å². The molecule has 3 aromatic carbocycles. The summed E-state index contributed by atoms with van der Waals surface area (Å²) in [5, 5.41) is 0. The molecule has 0 amide bonds.